The predicted molar refractivity (Wildman–Crippen MR) is 98.5 cm³/mol. The number of fused-ring (bicyclic) bond motifs is 1. The molecule has 0 atom stereocenters. The summed E-state index contributed by atoms with van der Waals surface area (Å²) in [5, 5.41) is 3.43. The molecule has 140 valence electrons. The second-order valence-corrected chi connectivity index (χ2v) is 6.73. The first kappa shape index (κ1) is 17.5. The number of nitrogens with zero attached hydrogens (tertiary/aromatic N) is 2. The number of hydrogen-bond acceptors (Lipinski definition) is 3. The number of anilines is 1. The summed E-state index contributed by atoms with van der Waals surface area (Å²) in [5.41, 5.74) is 3.39. The van der Waals surface area contributed by atoms with E-state index in [0.29, 0.717) is 22.7 Å². The molecular weight excluding hydrogens is 352 g/mol. The number of carbonyl (C=O) groups is 1. The summed E-state index contributed by atoms with van der Waals surface area (Å²) in [7, 11) is 0. The van der Waals surface area contributed by atoms with Crippen molar-refractivity contribution < 1.29 is 18.3 Å². The van der Waals surface area contributed by atoms with E-state index in [0.717, 1.165) is 24.2 Å². The minimum Gasteiger partial charge on any atom is -0.432 e. The Morgan fingerprint density at radius 1 is 1.30 bits per heavy atom. The molecule has 0 radical (unpaired) electrons. The highest BCUT2D eigenvalue weighted by Gasteiger charge is 2.28. The number of halogens is 2. The largest absolute Gasteiger partial charge is 0.432 e. The Hall–Kier alpha value is -2.96. The maximum absolute atomic E-state index is 12.9. The number of amides is 1. The first-order valence-electron chi connectivity index (χ1n) is 8.78. The predicted octanol–water partition coefficient (Wildman–Crippen LogP) is 4.84. The molecule has 2 aromatic heterocycles. The number of benzene rings is 1. The Morgan fingerprint density at radius 3 is 2.78 bits per heavy atom. The van der Waals surface area contributed by atoms with E-state index >= 15 is 0 Å². The summed E-state index contributed by atoms with van der Waals surface area (Å²) >= 11 is 0. The minimum atomic E-state index is -2.94. The van der Waals surface area contributed by atoms with Gasteiger partial charge in [-0.1, -0.05) is 0 Å². The first-order valence-corrected chi connectivity index (χ1v) is 8.78. The monoisotopic (exact) mass is 371 g/mol. The molecule has 1 aromatic carbocycles. The van der Waals surface area contributed by atoms with Gasteiger partial charge in [-0.15, -0.1) is 0 Å². The fourth-order valence-electron chi connectivity index (χ4n) is 3.54. The lowest BCUT2D eigenvalue weighted by Gasteiger charge is -2.12. The van der Waals surface area contributed by atoms with Gasteiger partial charge in [0, 0.05) is 29.0 Å². The number of ether oxygens (including phenoxy) is 1. The summed E-state index contributed by atoms with van der Waals surface area (Å²) in [6, 6.07) is 8.72. The first-order chi connectivity index (χ1) is 13.0. The van der Waals surface area contributed by atoms with Crippen LogP contribution in [0.1, 0.15) is 40.6 Å². The van der Waals surface area contributed by atoms with Crippen molar-refractivity contribution in [2.75, 3.05) is 5.32 Å². The average molecular weight is 371 g/mol. The van der Waals surface area contributed by atoms with E-state index in [4.69, 9.17) is 0 Å². The van der Waals surface area contributed by atoms with Gasteiger partial charge in [0.25, 0.3) is 5.91 Å². The highest BCUT2D eigenvalue weighted by molar-refractivity contribution is 6.10. The molecule has 3 aromatic rings. The van der Waals surface area contributed by atoms with E-state index < -0.39 is 6.61 Å². The minimum absolute atomic E-state index is 0.0227. The summed E-state index contributed by atoms with van der Waals surface area (Å²) in [6.45, 7) is 1.00. The van der Waals surface area contributed by atoms with Crippen molar-refractivity contribution in [3.63, 3.8) is 0 Å². The summed E-state index contributed by atoms with van der Waals surface area (Å²) in [5.74, 6) is -0.256. The maximum atomic E-state index is 12.9. The Morgan fingerprint density at radius 2 is 2.07 bits per heavy atom. The zero-order chi connectivity index (χ0) is 19.1. The van der Waals surface area contributed by atoms with Gasteiger partial charge in [0.2, 0.25) is 0 Å². The van der Waals surface area contributed by atoms with Crippen LogP contribution in [0.5, 0.6) is 5.75 Å². The highest BCUT2D eigenvalue weighted by Crippen LogP contribution is 2.38. The SMILES string of the molecule is Cc1cc(C(=O)Nc2ccc(OC(F)F)c3ncccc23)c(C)n1C1CC1. The second kappa shape index (κ2) is 6.64. The van der Waals surface area contributed by atoms with E-state index in [9.17, 15) is 13.6 Å². The molecule has 1 fully saturated rings. The average Bonchev–Trinajstić information content (AvgIpc) is 3.41. The molecular formula is C20H19F2N3O2. The topological polar surface area (TPSA) is 56.1 Å². The van der Waals surface area contributed by atoms with Gasteiger partial charge in [0.1, 0.15) is 5.52 Å². The Bertz CT molecular complexity index is 1030. The fourth-order valence-corrected chi connectivity index (χ4v) is 3.54. The molecule has 0 unspecified atom stereocenters. The van der Waals surface area contributed by atoms with Crippen molar-refractivity contribution in [1.29, 1.82) is 0 Å². The van der Waals surface area contributed by atoms with Gasteiger partial charge in [-0.2, -0.15) is 8.78 Å². The second-order valence-electron chi connectivity index (χ2n) is 6.73. The molecule has 0 bridgehead atoms. The normalized spacial score (nSPS) is 14.0. The number of pyridine rings is 1. The molecule has 1 aliphatic carbocycles. The van der Waals surface area contributed by atoms with Crippen LogP contribution < -0.4 is 10.1 Å². The summed E-state index contributed by atoms with van der Waals surface area (Å²) in [4.78, 5) is 17.0. The van der Waals surface area contributed by atoms with Gasteiger partial charge < -0.3 is 14.6 Å². The molecule has 0 aliphatic heterocycles. The highest BCUT2D eigenvalue weighted by atomic mass is 19.3. The quantitative estimate of drug-likeness (QED) is 0.698. The summed E-state index contributed by atoms with van der Waals surface area (Å²) in [6.07, 6.45) is 3.77. The van der Waals surface area contributed by atoms with Gasteiger partial charge in [-0.3, -0.25) is 9.78 Å². The Labute approximate surface area is 155 Å². The zero-order valence-electron chi connectivity index (χ0n) is 15.0. The lowest BCUT2D eigenvalue weighted by atomic mass is 10.1. The number of aromatic nitrogens is 2. The lowest BCUT2D eigenvalue weighted by Crippen LogP contribution is -2.14. The van der Waals surface area contributed by atoms with Crippen molar-refractivity contribution in [3.05, 3.63) is 53.5 Å². The van der Waals surface area contributed by atoms with Crippen molar-refractivity contribution in [3.8, 4) is 5.75 Å². The fraction of sp³-hybridized carbons (Fsp3) is 0.300. The van der Waals surface area contributed by atoms with E-state index in [1.807, 2.05) is 19.9 Å². The standard InChI is InChI=1S/C20H19F2N3O2/c1-11-10-15(12(2)25(11)13-5-6-13)19(26)24-16-7-8-17(27-20(21)22)18-14(16)4-3-9-23-18/h3-4,7-10,13,20H,5-6H2,1-2H3,(H,24,26). The number of aryl methyl sites for hydroxylation is 1. The van der Waals surface area contributed by atoms with Crippen LogP contribution in [-0.4, -0.2) is 22.1 Å². The van der Waals surface area contributed by atoms with E-state index in [2.05, 4.69) is 19.6 Å². The number of carbonyl (C=O) groups excluding carboxylic acids is 1. The third kappa shape index (κ3) is 3.25. The van der Waals surface area contributed by atoms with Crippen molar-refractivity contribution >= 4 is 22.5 Å². The smallest absolute Gasteiger partial charge is 0.387 e. The number of hydrogen-bond donors (Lipinski definition) is 1. The summed E-state index contributed by atoms with van der Waals surface area (Å²) < 4.78 is 32.0. The van der Waals surface area contributed by atoms with Crippen LogP contribution >= 0.6 is 0 Å². The van der Waals surface area contributed by atoms with Crippen LogP contribution in [0.2, 0.25) is 0 Å². The van der Waals surface area contributed by atoms with E-state index in [1.165, 1.54) is 12.3 Å². The maximum Gasteiger partial charge on any atom is 0.387 e. The van der Waals surface area contributed by atoms with Gasteiger partial charge in [0.05, 0.1) is 11.3 Å². The van der Waals surface area contributed by atoms with Crippen LogP contribution in [-0.2, 0) is 0 Å². The van der Waals surface area contributed by atoms with Crippen LogP contribution in [0.4, 0.5) is 14.5 Å². The molecule has 7 heteroatoms. The molecule has 1 N–H and O–H groups in total. The molecule has 0 spiro atoms. The molecule has 1 amide bonds. The van der Waals surface area contributed by atoms with E-state index in [1.54, 1.807) is 18.2 Å². The zero-order valence-corrected chi connectivity index (χ0v) is 15.0. The lowest BCUT2D eigenvalue weighted by molar-refractivity contribution is -0.0489. The van der Waals surface area contributed by atoms with Gasteiger partial charge >= 0.3 is 6.61 Å². The van der Waals surface area contributed by atoms with Crippen LogP contribution in [0.3, 0.4) is 0 Å². The molecule has 1 saturated carbocycles. The van der Waals surface area contributed by atoms with Crippen molar-refractivity contribution in [1.82, 2.24) is 9.55 Å². The molecule has 2 heterocycles. The van der Waals surface area contributed by atoms with Crippen molar-refractivity contribution in [2.24, 2.45) is 0 Å². The Balaban J connectivity index is 1.68. The molecule has 1 aliphatic rings. The van der Waals surface area contributed by atoms with Crippen molar-refractivity contribution in [2.45, 2.75) is 39.3 Å². The van der Waals surface area contributed by atoms with E-state index in [-0.39, 0.29) is 17.2 Å². The van der Waals surface area contributed by atoms with Crippen LogP contribution in [0.15, 0.2) is 36.5 Å². The number of nitrogens with one attached hydrogen (secondary N) is 1. The van der Waals surface area contributed by atoms with Crippen LogP contribution in [0, 0.1) is 13.8 Å². The van der Waals surface area contributed by atoms with Gasteiger partial charge in [-0.25, -0.2) is 0 Å². The molecule has 0 saturated heterocycles. The number of rotatable bonds is 5. The molecule has 27 heavy (non-hydrogen) atoms. The van der Waals surface area contributed by atoms with Gasteiger partial charge in [0.15, 0.2) is 5.75 Å². The third-order valence-corrected chi connectivity index (χ3v) is 4.84. The number of alkyl halides is 2. The van der Waals surface area contributed by atoms with Crippen LogP contribution in [0.25, 0.3) is 10.9 Å². The van der Waals surface area contributed by atoms with Gasteiger partial charge in [-0.05, 0) is 57.0 Å². The Kier molecular flexibility index (Phi) is 4.30. The molecule has 4 rings (SSSR count). The molecule has 5 nitrogen and oxygen atoms in total. The third-order valence-electron chi connectivity index (χ3n) is 4.84.